The van der Waals surface area contributed by atoms with E-state index in [1.54, 1.807) is 0 Å². The number of halogens is 2. The highest BCUT2D eigenvalue weighted by Crippen LogP contribution is 2.18. The monoisotopic (exact) mass is 357 g/mol. The molecule has 1 amide bonds. The second-order valence-electron chi connectivity index (χ2n) is 6.15. The Balaban J connectivity index is 0. The molecule has 1 heterocycles. The van der Waals surface area contributed by atoms with Crippen molar-refractivity contribution in [3.63, 3.8) is 0 Å². The molecule has 1 fully saturated rings. The molecular formula is C15H33Cl2N3O2. The van der Waals surface area contributed by atoms with Gasteiger partial charge in [-0.3, -0.25) is 9.69 Å². The third-order valence-electron chi connectivity index (χ3n) is 3.64. The van der Waals surface area contributed by atoms with E-state index in [2.05, 4.69) is 43.2 Å². The molecule has 7 heteroatoms. The van der Waals surface area contributed by atoms with E-state index in [1.807, 2.05) is 7.05 Å². The van der Waals surface area contributed by atoms with E-state index in [-0.39, 0.29) is 49.0 Å². The fourth-order valence-corrected chi connectivity index (χ4v) is 2.92. The van der Waals surface area contributed by atoms with Crippen LogP contribution in [0.25, 0.3) is 0 Å². The van der Waals surface area contributed by atoms with Crippen LogP contribution in [0, 0.1) is 5.92 Å². The second-order valence-corrected chi connectivity index (χ2v) is 6.15. The summed E-state index contributed by atoms with van der Waals surface area (Å²) >= 11 is 0. The third kappa shape index (κ3) is 7.97. The van der Waals surface area contributed by atoms with E-state index in [4.69, 9.17) is 4.74 Å². The Morgan fingerprint density at radius 2 is 1.73 bits per heavy atom. The van der Waals surface area contributed by atoms with E-state index in [0.717, 1.165) is 32.6 Å². The van der Waals surface area contributed by atoms with Gasteiger partial charge in [-0.2, -0.15) is 0 Å². The van der Waals surface area contributed by atoms with Crippen molar-refractivity contribution in [1.29, 1.82) is 0 Å². The quantitative estimate of drug-likeness (QED) is 0.680. The van der Waals surface area contributed by atoms with E-state index in [0.29, 0.717) is 5.92 Å². The zero-order valence-corrected chi connectivity index (χ0v) is 16.1. The molecule has 0 aromatic heterocycles. The first kappa shape index (κ1) is 24.2. The van der Waals surface area contributed by atoms with Gasteiger partial charge in [0.1, 0.15) is 0 Å². The highest BCUT2D eigenvalue weighted by atomic mass is 35.5. The van der Waals surface area contributed by atoms with Gasteiger partial charge in [0.15, 0.2) is 0 Å². The number of nitrogens with one attached hydrogen (secondary N) is 2. The maximum atomic E-state index is 12.4. The van der Waals surface area contributed by atoms with Gasteiger partial charge in [-0.1, -0.05) is 13.8 Å². The van der Waals surface area contributed by atoms with Gasteiger partial charge in [0.25, 0.3) is 0 Å². The van der Waals surface area contributed by atoms with Crippen LogP contribution in [-0.2, 0) is 9.53 Å². The first-order valence-electron chi connectivity index (χ1n) is 7.77. The number of amides is 1. The molecule has 1 rings (SSSR count). The summed E-state index contributed by atoms with van der Waals surface area (Å²) < 4.78 is 5.76. The molecule has 0 spiro atoms. The second kappa shape index (κ2) is 12.4. The summed E-state index contributed by atoms with van der Waals surface area (Å²) in [6.45, 7) is 11.7. The van der Waals surface area contributed by atoms with Gasteiger partial charge in [0.05, 0.1) is 18.2 Å². The van der Waals surface area contributed by atoms with Crippen molar-refractivity contribution in [2.75, 3.05) is 33.2 Å². The summed E-state index contributed by atoms with van der Waals surface area (Å²) in [6, 6.07) is -0.0571. The van der Waals surface area contributed by atoms with Crippen LogP contribution in [-0.4, -0.2) is 62.3 Å². The molecule has 5 nitrogen and oxygen atoms in total. The van der Waals surface area contributed by atoms with Crippen LogP contribution in [0.2, 0.25) is 0 Å². The maximum Gasteiger partial charge on any atom is 0.237 e. The molecule has 3 unspecified atom stereocenters. The van der Waals surface area contributed by atoms with Crippen molar-refractivity contribution in [1.82, 2.24) is 15.5 Å². The number of carbonyl (C=O) groups is 1. The standard InChI is InChI=1S/C15H31N3O2.2ClH/c1-11(2)14(15(19)17-8-6-7-16-5)18-9-12(3)20-13(4)10-18;;/h11-14,16H,6-10H2,1-5H3,(H,17,19);2*1H. The van der Waals surface area contributed by atoms with Crippen LogP contribution in [0.3, 0.4) is 0 Å². The molecule has 0 bridgehead atoms. The molecule has 1 aliphatic rings. The number of nitrogens with zero attached hydrogens (tertiary/aromatic N) is 1. The van der Waals surface area contributed by atoms with E-state index in [1.165, 1.54) is 0 Å². The minimum Gasteiger partial charge on any atom is -0.373 e. The van der Waals surface area contributed by atoms with Crippen molar-refractivity contribution >= 4 is 30.7 Å². The molecule has 2 N–H and O–H groups in total. The molecule has 22 heavy (non-hydrogen) atoms. The summed E-state index contributed by atoms with van der Waals surface area (Å²) in [5, 5.41) is 6.15. The number of rotatable bonds is 7. The predicted molar refractivity (Wildman–Crippen MR) is 96.3 cm³/mol. The maximum absolute atomic E-state index is 12.4. The normalized spacial score (nSPS) is 23.4. The summed E-state index contributed by atoms with van der Waals surface area (Å²) in [6.07, 6.45) is 1.34. The van der Waals surface area contributed by atoms with Crippen LogP contribution in [0.5, 0.6) is 0 Å². The van der Waals surface area contributed by atoms with Crippen molar-refractivity contribution < 1.29 is 9.53 Å². The Hall–Kier alpha value is -0.0700. The number of hydrogen-bond acceptors (Lipinski definition) is 4. The zero-order chi connectivity index (χ0) is 15.1. The Morgan fingerprint density at radius 3 is 2.18 bits per heavy atom. The molecule has 0 aromatic rings. The van der Waals surface area contributed by atoms with Crippen molar-refractivity contribution in [2.45, 2.75) is 52.4 Å². The molecule has 1 aliphatic heterocycles. The van der Waals surface area contributed by atoms with Gasteiger partial charge in [0.2, 0.25) is 5.91 Å². The number of morpholine rings is 1. The van der Waals surface area contributed by atoms with Gasteiger partial charge in [-0.15, -0.1) is 24.8 Å². The fourth-order valence-electron chi connectivity index (χ4n) is 2.92. The molecule has 0 aliphatic carbocycles. The average Bonchev–Trinajstić information content (AvgIpc) is 2.33. The highest BCUT2D eigenvalue weighted by Gasteiger charge is 2.33. The van der Waals surface area contributed by atoms with Crippen LogP contribution < -0.4 is 10.6 Å². The topological polar surface area (TPSA) is 53.6 Å². The first-order chi connectivity index (χ1) is 9.45. The Bertz CT molecular complexity index is 297. The van der Waals surface area contributed by atoms with Gasteiger partial charge >= 0.3 is 0 Å². The van der Waals surface area contributed by atoms with Gasteiger partial charge < -0.3 is 15.4 Å². The lowest BCUT2D eigenvalue weighted by Gasteiger charge is -2.41. The summed E-state index contributed by atoms with van der Waals surface area (Å²) in [5.41, 5.74) is 0. The van der Waals surface area contributed by atoms with Crippen LogP contribution >= 0.6 is 24.8 Å². The molecule has 134 valence electrons. The van der Waals surface area contributed by atoms with Gasteiger partial charge in [-0.25, -0.2) is 0 Å². The molecule has 1 saturated heterocycles. The smallest absolute Gasteiger partial charge is 0.237 e. The van der Waals surface area contributed by atoms with Crippen molar-refractivity contribution in [2.24, 2.45) is 5.92 Å². The Morgan fingerprint density at radius 1 is 1.18 bits per heavy atom. The molecule has 0 saturated carbocycles. The SMILES string of the molecule is CNCCCNC(=O)C(C(C)C)N1CC(C)OC(C)C1.Cl.Cl. The summed E-state index contributed by atoms with van der Waals surface area (Å²) in [7, 11) is 1.93. The number of ether oxygens (including phenoxy) is 1. The zero-order valence-electron chi connectivity index (χ0n) is 14.4. The minimum absolute atomic E-state index is 0. The minimum atomic E-state index is -0.0571. The molecule has 3 atom stereocenters. The predicted octanol–water partition coefficient (Wildman–Crippen LogP) is 1.69. The summed E-state index contributed by atoms with van der Waals surface area (Å²) in [5.74, 6) is 0.453. The Kier molecular flexibility index (Phi) is 13.6. The molecular weight excluding hydrogens is 325 g/mol. The van der Waals surface area contributed by atoms with E-state index in [9.17, 15) is 4.79 Å². The van der Waals surface area contributed by atoms with Crippen LogP contribution in [0.1, 0.15) is 34.1 Å². The Labute approximate surface area is 147 Å². The molecule has 0 radical (unpaired) electrons. The number of carbonyl (C=O) groups excluding carboxylic acids is 1. The lowest BCUT2D eigenvalue weighted by atomic mass is 9.99. The number of hydrogen-bond donors (Lipinski definition) is 2. The van der Waals surface area contributed by atoms with E-state index >= 15 is 0 Å². The van der Waals surface area contributed by atoms with E-state index < -0.39 is 0 Å². The van der Waals surface area contributed by atoms with Gasteiger partial charge in [-0.05, 0) is 39.8 Å². The summed E-state index contributed by atoms with van der Waals surface area (Å²) in [4.78, 5) is 14.7. The lowest BCUT2D eigenvalue weighted by molar-refractivity contribution is -0.135. The molecule has 0 aromatic carbocycles. The van der Waals surface area contributed by atoms with Crippen LogP contribution in [0.15, 0.2) is 0 Å². The fraction of sp³-hybridized carbons (Fsp3) is 0.933. The average molecular weight is 358 g/mol. The van der Waals surface area contributed by atoms with Gasteiger partial charge in [0, 0.05) is 19.6 Å². The largest absolute Gasteiger partial charge is 0.373 e. The first-order valence-corrected chi connectivity index (χ1v) is 7.77. The van der Waals surface area contributed by atoms with Crippen molar-refractivity contribution in [3.05, 3.63) is 0 Å². The third-order valence-corrected chi connectivity index (χ3v) is 3.64. The van der Waals surface area contributed by atoms with Crippen molar-refractivity contribution in [3.8, 4) is 0 Å². The van der Waals surface area contributed by atoms with Crippen LogP contribution in [0.4, 0.5) is 0 Å². The lowest BCUT2D eigenvalue weighted by Crippen LogP contribution is -2.57. The highest BCUT2D eigenvalue weighted by molar-refractivity contribution is 5.85.